The van der Waals surface area contributed by atoms with Crippen molar-refractivity contribution >= 4 is 11.8 Å². The van der Waals surface area contributed by atoms with Crippen molar-refractivity contribution in [2.24, 2.45) is 5.92 Å². The Morgan fingerprint density at radius 2 is 2.00 bits per heavy atom. The first kappa shape index (κ1) is 14.0. The summed E-state index contributed by atoms with van der Waals surface area (Å²) >= 11 is 2.02. The predicted molar refractivity (Wildman–Crippen MR) is 79.0 cm³/mol. The minimum Gasteiger partial charge on any atom is -0.389 e. The standard InChI is InChI=1S/C16H24OS/c1-3-13-5-4-6-16(11-13)18-15-9-7-14(8-10-15)12(2)17/h7-10,12-13,16-17H,3-6,11H2,1-2H3. The molecule has 0 aromatic heterocycles. The molecule has 1 nitrogen and oxygen atoms in total. The summed E-state index contributed by atoms with van der Waals surface area (Å²) in [7, 11) is 0. The Morgan fingerprint density at radius 3 is 2.61 bits per heavy atom. The van der Waals surface area contributed by atoms with Crippen LogP contribution in [0.15, 0.2) is 29.2 Å². The van der Waals surface area contributed by atoms with Crippen LogP contribution in [0.2, 0.25) is 0 Å². The zero-order chi connectivity index (χ0) is 13.0. The quantitative estimate of drug-likeness (QED) is 0.843. The smallest absolute Gasteiger partial charge is 0.0761 e. The molecule has 1 aromatic carbocycles. The molecule has 2 rings (SSSR count). The highest BCUT2D eigenvalue weighted by Crippen LogP contribution is 2.37. The van der Waals surface area contributed by atoms with E-state index in [9.17, 15) is 5.11 Å². The van der Waals surface area contributed by atoms with Crippen LogP contribution >= 0.6 is 11.8 Å². The molecule has 2 heteroatoms. The van der Waals surface area contributed by atoms with Crippen LogP contribution in [-0.4, -0.2) is 10.4 Å². The van der Waals surface area contributed by atoms with E-state index in [0.717, 1.165) is 16.7 Å². The summed E-state index contributed by atoms with van der Waals surface area (Å²) in [6, 6.07) is 8.41. The molecule has 100 valence electrons. The van der Waals surface area contributed by atoms with E-state index >= 15 is 0 Å². The Bertz CT molecular complexity index is 358. The summed E-state index contributed by atoms with van der Waals surface area (Å²) in [6.45, 7) is 4.13. The van der Waals surface area contributed by atoms with E-state index in [1.165, 1.54) is 37.0 Å². The van der Waals surface area contributed by atoms with Gasteiger partial charge in [-0.3, -0.25) is 0 Å². The molecule has 18 heavy (non-hydrogen) atoms. The highest BCUT2D eigenvalue weighted by atomic mass is 32.2. The van der Waals surface area contributed by atoms with Crippen LogP contribution in [0.3, 0.4) is 0 Å². The molecular weight excluding hydrogens is 240 g/mol. The van der Waals surface area contributed by atoms with E-state index in [1.807, 2.05) is 30.8 Å². The van der Waals surface area contributed by atoms with Crippen molar-refractivity contribution in [3.63, 3.8) is 0 Å². The summed E-state index contributed by atoms with van der Waals surface area (Å²) in [4.78, 5) is 1.35. The maximum atomic E-state index is 9.50. The Hall–Kier alpha value is -0.470. The van der Waals surface area contributed by atoms with E-state index in [4.69, 9.17) is 0 Å². The number of rotatable bonds is 4. The number of hydrogen-bond donors (Lipinski definition) is 1. The zero-order valence-electron chi connectivity index (χ0n) is 11.4. The molecule has 0 heterocycles. The average Bonchev–Trinajstić information content (AvgIpc) is 2.39. The number of benzene rings is 1. The maximum absolute atomic E-state index is 9.50. The van der Waals surface area contributed by atoms with Gasteiger partial charge in [0.25, 0.3) is 0 Å². The monoisotopic (exact) mass is 264 g/mol. The number of hydrogen-bond acceptors (Lipinski definition) is 2. The topological polar surface area (TPSA) is 20.2 Å². The summed E-state index contributed by atoms with van der Waals surface area (Å²) in [5.41, 5.74) is 1.01. The lowest BCUT2D eigenvalue weighted by atomic mass is 9.87. The normalized spacial score (nSPS) is 25.9. The number of aliphatic hydroxyl groups is 1. The Labute approximate surface area is 115 Å². The first-order chi connectivity index (χ1) is 8.69. The van der Waals surface area contributed by atoms with E-state index in [-0.39, 0.29) is 6.10 Å². The van der Waals surface area contributed by atoms with E-state index in [0.29, 0.717) is 0 Å². The lowest BCUT2D eigenvalue weighted by molar-refractivity contribution is 0.199. The lowest BCUT2D eigenvalue weighted by Crippen LogP contribution is -2.16. The minimum atomic E-state index is -0.358. The molecular formula is C16H24OS. The van der Waals surface area contributed by atoms with Gasteiger partial charge in [0.1, 0.15) is 0 Å². The van der Waals surface area contributed by atoms with Gasteiger partial charge < -0.3 is 5.11 Å². The van der Waals surface area contributed by atoms with Gasteiger partial charge in [0, 0.05) is 10.1 Å². The Balaban J connectivity index is 1.92. The molecule has 0 saturated heterocycles. The summed E-state index contributed by atoms with van der Waals surface area (Å²) in [6.07, 6.45) is 6.52. The molecule has 1 fully saturated rings. The van der Waals surface area contributed by atoms with E-state index in [1.54, 1.807) is 0 Å². The molecule has 1 aliphatic carbocycles. The predicted octanol–water partition coefficient (Wildman–Crippen LogP) is 4.80. The third kappa shape index (κ3) is 3.76. The van der Waals surface area contributed by atoms with Gasteiger partial charge in [-0.25, -0.2) is 0 Å². The fraction of sp³-hybridized carbons (Fsp3) is 0.625. The molecule has 3 unspecified atom stereocenters. The van der Waals surface area contributed by atoms with Crippen molar-refractivity contribution in [3.05, 3.63) is 29.8 Å². The average molecular weight is 264 g/mol. The van der Waals surface area contributed by atoms with Crippen molar-refractivity contribution in [2.45, 2.75) is 62.2 Å². The van der Waals surface area contributed by atoms with Crippen LogP contribution in [0.1, 0.15) is 57.6 Å². The van der Waals surface area contributed by atoms with Crippen LogP contribution in [0.4, 0.5) is 0 Å². The molecule has 1 aliphatic rings. The van der Waals surface area contributed by atoms with Gasteiger partial charge in [-0.1, -0.05) is 38.3 Å². The minimum absolute atomic E-state index is 0.358. The molecule has 1 N–H and O–H groups in total. The van der Waals surface area contributed by atoms with Crippen LogP contribution in [0, 0.1) is 5.92 Å². The summed E-state index contributed by atoms with van der Waals surface area (Å²) < 4.78 is 0. The van der Waals surface area contributed by atoms with Gasteiger partial charge in [0.15, 0.2) is 0 Å². The summed E-state index contributed by atoms with van der Waals surface area (Å²) in [5.74, 6) is 0.938. The van der Waals surface area contributed by atoms with Crippen molar-refractivity contribution in [1.29, 1.82) is 0 Å². The van der Waals surface area contributed by atoms with Crippen molar-refractivity contribution in [2.75, 3.05) is 0 Å². The number of thioether (sulfide) groups is 1. The van der Waals surface area contributed by atoms with Crippen LogP contribution in [-0.2, 0) is 0 Å². The largest absolute Gasteiger partial charge is 0.389 e. The molecule has 0 bridgehead atoms. The molecule has 3 atom stereocenters. The number of aliphatic hydroxyl groups excluding tert-OH is 1. The zero-order valence-corrected chi connectivity index (χ0v) is 12.2. The second-order valence-corrected chi connectivity index (χ2v) is 6.80. The Morgan fingerprint density at radius 1 is 1.28 bits per heavy atom. The first-order valence-electron chi connectivity index (χ1n) is 7.13. The highest BCUT2D eigenvalue weighted by molar-refractivity contribution is 8.00. The second-order valence-electron chi connectivity index (χ2n) is 5.43. The van der Waals surface area contributed by atoms with Gasteiger partial charge in [-0.15, -0.1) is 11.8 Å². The first-order valence-corrected chi connectivity index (χ1v) is 8.01. The highest BCUT2D eigenvalue weighted by Gasteiger charge is 2.21. The van der Waals surface area contributed by atoms with E-state index < -0.39 is 0 Å². The van der Waals surface area contributed by atoms with Crippen molar-refractivity contribution in [3.8, 4) is 0 Å². The lowest BCUT2D eigenvalue weighted by Gasteiger charge is -2.28. The third-order valence-electron chi connectivity index (χ3n) is 3.98. The molecule has 0 amide bonds. The van der Waals surface area contributed by atoms with E-state index in [2.05, 4.69) is 19.1 Å². The molecule has 0 aliphatic heterocycles. The fourth-order valence-corrected chi connectivity index (χ4v) is 4.07. The maximum Gasteiger partial charge on any atom is 0.0761 e. The van der Waals surface area contributed by atoms with Gasteiger partial charge in [0.05, 0.1) is 6.10 Å². The van der Waals surface area contributed by atoms with Gasteiger partial charge in [0.2, 0.25) is 0 Å². The van der Waals surface area contributed by atoms with Gasteiger partial charge in [-0.2, -0.15) is 0 Å². The van der Waals surface area contributed by atoms with Crippen molar-refractivity contribution in [1.82, 2.24) is 0 Å². The fourth-order valence-electron chi connectivity index (χ4n) is 2.74. The van der Waals surface area contributed by atoms with Gasteiger partial charge >= 0.3 is 0 Å². The molecule has 0 radical (unpaired) electrons. The van der Waals surface area contributed by atoms with Crippen LogP contribution in [0.5, 0.6) is 0 Å². The molecule has 1 saturated carbocycles. The molecule has 1 aromatic rings. The van der Waals surface area contributed by atoms with Gasteiger partial charge in [-0.05, 0) is 43.4 Å². The molecule has 0 spiro atoms. The Kier molecular flexibility index (Phi) is 5.13. The summed E-state index contributed by atoms with van der Waals surface area (Å²) in [5, 5.41) is 10.3. The SMILES string of the molecule is CCC1CCCC(Sc2ccc(C(C)O)cc2)C1. The van der Waals surface area contributed by atoms with Crippen LogP contribution < -0.4 is 0 Å². The third-order valence-corrected chi connectivity index (χ3v) is 5.28. The van der Waals surface area contributed by atoms with Crippen LogP contribution in [0.25, 0.3) is 0 Å². The van der Waals surface area contributed by atoms with Crippen molar-refractivity contribution < 1.29 is 5.11 Å². The second kappa shape index (κ2) is 6.63.